The minimum absolute atomic E-state index is 0.179. The number of pyridine rings is 1. The first-order valence-corrected chi connectivity index (χ1v) is 7.02. The summed E-state index contributed by atoms with van der Waals surface area (Å²) in [7, 11) is 1.75. The van der Waals surface area contributed by atoms with Gasteiger partial charge in [0.15, 0.2) is 0 Å². The van der Waals surface area contributed by atoms with Crippen LogP contribution in [-0.2, 0) is 4.74 Å². The van der Waals surface area contributed by atoms with E-state index < -0.39 is 0 Å². The second kappa shape index (κ2) is 6.35. The molecule has 1 aliphatic rings. The number of methoxy groups -OCH3 is 1. The van der Waals surface area contributed by atoms with Gasteiger partial charge in [-0.2, -0.15) is 0 Å². The van der Waals surface area contributed by atoms with Crippen LogP contribution in [0, 0.1) is 0 Å². The summed E-state index contributed by atoms with van der Waals surface area (Å²) in [4.78, 5) is 6.73. The average Bonchev–Trinajstić information content (AvgIpc) is 2.46. The predicted octanol–water partition coefficient (Wildman–Crippen LogP) is 2.18. The van der Waals surface area contributed by atoms with Crippen LogP contribution in [0.25, 0.3) is 0 Å². The highest BCUT2D eigenvalue weighted by atomic mass is 16.5. The summed E-state index contributed by atoms with van der Waals surface area (Å²) in [5, 5.41) is 9.52. The maximum atomic E-state index is 9.52. The molecule has 1 aliphatic heterocycles. The molecule has 0 aromatic carbocycles. The molecule has 0 amide bonds. The third-order valence-corrected chi connectivity index (χ3v) is 3.90. The Morgan fingerprint density at radius 1 is 1.42 bits per heavy atom. The standard InChI is InChI=1S/C15H24N2O2/c1-11(2)15-7-5-12(8-16-15)17-9-14(19-3)6-4-13(17)10-18/h5,7-8,11,13-14,18H,4,6,9-10H2,1-3H3/t13-,14+/m0/s1. The Morgan fingerprint density at radius 2 is 2.21 bits per heavy atom. The number of piperidine rings is 1. The molecule has 0 unspecified atom stereocenters. The van der Waals surface area contributed by atoms with Crippen LogP contribution in [0.4, 0.5) is 5.69 Å². The minimum atomic E-state index is 0.179. The molecule has 2 atom stereocenters. The SMILES string of the molecule is CO[C@@H]1CC[C@@H](CO)N(c2ccc(C(C)C)nc2)C1. The fourth-order valence-electron chi connectivity index (χ4n) is 2.60. The van der Waals surface area contributed by atoms with Crippen LogP contribution in [0.15, 0.2) is 18.3 Å². The van der Waals surface area contributed by atoms with Crippen molar-refractivity contribution in [1.29, 1.82) is 0 Å². The molecule has 0 saturated carbocycles. The Hall–Kier alpha value is -1.13. The van der Waals surface area contributed by atoms with E-state index in [2.05, 4.69) is 35.9 Å². The molecule has 0 aliphatic carbocycles. The van der Waals surface area contributed by atoms with Crippen molar-refractivity contribution in [3.05, 3.63) is 24.0 Å². The first kappa shape index (κ1) is 14.3. The number of hydrogen-bond acceptors (Lipinski definition) is 4. The lowest BCUT2D eigenvalue weighted by atomic mass is 9.99. The predicted molar refractivity (Wildman–Crippen MR) is 76.6 cm³/mol. The van der Waals surface area contributed by atoms with E-state index >= 15 is 0 Å². The van der Waals surface area contributed by atoms with E-state index in [1.54, 1.807) is 7.11 Å². The Morgan fingerprint density at radius 3 is 2.74 bits per heavy atom. The summed E-state index contributed by atoms with van der Waals surface area (Å²) >= 11 is 0. The number of rotatable bonds is 4. The lowest BCUT2D eigenvalue weighted by molar-refractivity contribution is 0.0744. The molecule has 4 nitrogen and oxygen atoms in total. The molecule has 0 bridgehead atoms. The van der Waals surface area contributed by atoms with Crippen molar-refractivity contribution in [3.8, 4) is 0 Å². The molecule has 4 heteroatoms. The van der Waals surface area contributed by atoms with E-state index in [0.717, 1.165) is 30.8 Å². The van der Waals surface area contributed by atoms with E-state index in [-0.39, 0.29) is 18.8 Å². The van der Waals surface area contributed by atoms with E-state index in [4.69, 9.17) is 4.74 Å². The monoisotopic (exact) mass is 264 g/mol. The lowest BCUT2D eigenvalue weighted by Crippen LogP contribution is -2.48. The average molecular weight is 264 g/mol. The molecule has 0 spiro atoms. The normalized spacial score (nSPS) is 23.9. The summed E-state index contributed by atoms with van der Waals surface area (Å²) in [6, 6.07) is 4.35. The van der Waals surface area contributed by atoms with Gasteiger partial charge in [-0.05, 0) is 30.9 Å². The summed E-state index contributed by atoms with van der Waals surface area (Å²) in [5.74, 6) is 0.441. The van der Waals surface area contributed by atoms with Crippen molar-refractivity contribution >= 4 is 5.69 Å². The molecule has 19 heavy (non-hydrogen) atoms. The molecule has 0 radical (unpaired) electrons. The maximum absolute atomic E-state index is 9.52. The molecule has 2 heterocycles. The van der Waals surface area contributed by atoms with Gasteiger partial charge in [-0.15, -0.1) is 0 Å². The Labute approximate surface area is 115 Å². The van der Waals surface area contributed by atoms with Gasteiger partial charge in [0.05, 0.1) is 30.6 Å². The summed E-state index contributed by atoms with van der Waals surface area (Å²) in [5.41, 5.74) is 2.18. The van der Waals surface area contributed by atoms with Crippen molar-refractivity contribution in [1.82, 2.24) is 4.98 Å². The third kappa shape index (κ3) is 3.25. The Bertz CT molecular complexity index is 392. The summed E-state index contributed by atoms with van der Waals surface area (Å²) in [6.45, 7) is 5.29. The highest BCUT2D eigenvalue weighted by molar-refractivity contribution is 5.46. The van der Waals surface area contributed by atoms with Crippen LogP contribution in [0.5, 0.6) is 0 Å². The van der Waals surface area contributed by atoms with Gasteiger partial charge >= 0.3 is 0 Å². The number of aliphatic hydroxyl groups is 1. The van der Waals surface area contributed by atoms with Crippen LogP contribution in [0.1, 0.15) is 38.3 Å². The number of aliphatic hydroxyl groups excluding tert-OH is 1. The summed E-state index contributed by atoms with van der Waals surface area (Å²) < 4.78 is 5.45. The van der Waals surface area contributed by atoms with Gasteiger partial charge in [0.25, 0.3) is 0 Å². The van der Waals surface area contributed by atoms with Crippen molar-refractivity contribution < 1.29 is 9.84 Å². The fourth-order valence-corrected chi connectivity index (χ4v) is 2.60. The molecule has 1 aromatic rings. The van der Waals surface area contributed by atoms with Gasteiger partial charge in [0.1, 0.15) is 0 Å². The van der Waals surface area contributed by atoms with Gasteiger partial charge in [-0.3, -0.25) is 4.98 Å². The van der Waals surface area contributed by atoms with Crippen molar-refractivity contribution in [3.63, 3.8) is 0 Å². The molecule has 2 rings (SSSR count). The molecular weight excluding hydrogens is 240 g/mol. The zero-order valence-electron chi connectivity index (χ0n) is 12.0. The van der Waals surface area contributed by atoms with Gasteiger partial charge in [-0.1, -0.05) is 13.8 Å². The fraction of sp³-hybridized carbons (Fsp3) is 0.667. The topological polar surface area (TPSA) is 45.6 Å². The van der Waals surface area contributed by atoms with Crippen LogP contribution in [-0.4, -0.2) is 42.5 Å². The van der Waals surface area contributed by atoms with Gasteiger partial charge in [0.2, 0.25) is 0 Å². The number of aromatic nitrogens is 1. The van der Waals surface area contributed by atoms with Crippen molar-refractivity contribution in [2.75, 3.05) is 25.2 Å². The molecule has 1 N–H and O–H groups in total. The Balaban J connectivity index is 2.16. The lowest BCUT2D eigenvalue weighted by Gasteiger charge is -2.39. The first-order valence-electron chi connectivity index (χ1n) is 7.02. The van der Waals surface area contributed by atoms with Crippen LogP contribution >= 0.6 is 0 Å². The highest BCUT2D eigenvalue weighted by Crippen LogP contribution is 2.26. The number of nitrogens with zero attached hydrogens (tertiary/aromatic N) is 2. The second-order valence-electron chi connectivity index (χ2n) is 5.52. The molecule has 106 valence electrons. The van der Waals surface area contributed by atoms with Gasteiger partial charge in [-0.25, -0.2) is 0 Å². The van der Waals surface area contributed by atoms with Gasteiger partial charge < -0.3 is 14.7 Å². The minimum Gasteiger partial charge on any atom is -0.394 e. The number of ether oxygens (including phenoxy) is 1. The molecule has 1 aromatic heterocycles. The first-order chi connectivity index (χ1) is 9.15. The molecular formula is C15H24N2O2. The van der Waals surface area contributed by atoms with E-state index in [1.165, 1.54) is 0 Å². The van der Waals surface area contributed by atoms with Crippen LogP contribution in [0.3, 0.4) is 0 Å². The van der Waals surface area contributed by atoms with Crippen LogP contribution < -0.4 is 4.90 Å². The highest BCUT2D eigenvalue weighted by Gasteiger charge is 2.28. The third-order valence-electron chi connectivity index (χ3n) is 3.90. The van der Waals surface area contributed by atoms with Crippen molar-refractivity contribution in [2.24, 2.45) is 0 Å². The zero-order valence-corrected chi connectivity index (χ0v) is 12.0. The maximum Gasteiger partial charge on any atom is 0.0747 e. The Kier molecular flexibility index (Phi) is 4.77. The summed E-state index contributed by atoms with van der Waals surface area (Å²) in [6.07, 6.45) is 4.12. The zero-order chi connectivity index (χ0) is 13.8. The van der Waals surface area contributed by atoms with Crippen LogP contribution in [0.2, 0.25) is 0 Å². The van der Waals surface area contributed by atoms with Gasteiger partial charge in [0, 0.05) is 19.3 Å². The quantitative estimate of drug-likeness (QED) is 0.905. The smallest absolute Gasteiger partial charge is 0.0747 e. The largest absolute Gasteiger partial charge is 0.394 e. The number of anilines is 1. The number of hydrogen-bond donors (Lipinski definition) is 1. The molecule has 1 fully saturated rings. The molecule has 1 saturated heterocycles. The van der Waals surface area contributed by atoms with E-state index in [0.29, 0.717) is 5.92 Å². The van der Waals surface area contributed by atoms with E-state index in [1.807, 2.05) is 6.20 Å². The van der Waals surface area contributed by atoms with Crippen molar-refractivity contribution in [2.45, 2.75) is 44.8 Å². The van der Waals surface area contributed by atoms with E-state index in [9.17, 15) is 5.11 Å². The second-order valence-corrected chi connectivity index (χ2v) is 5.52.